The number of hydrogen-bond donors (Lipinski definition) is 0. The van der Waals surface area contributed by atoms with Crippen molar-refractivity contribution in [2.75, 3.05) is 20.1 Å². The third-order valence-electron chi connectivity index (χ3n) is 0.763. The van der Waals surface area contributed by atoms with Gasteiger partial charge in [-0.25, -0.2) is 0 Å². The van der Waals surface area contributed by atoms with Gasteiger partial charge in [0.15, 0.2) is 0 Å². The summed E-state index contributed by atoms with van der Waals surface area (Å²) in [6.45, 7) is 8.99. The Morgan fingerprint density at radius 2 is 1.44 bits per heavy atom. The molecule has 0 saturated heterocycles. The van der Waals surface area contributed by atoms with Crippen LogP contribution < -0.4 is 58.2 Å². The fourth-order valence-electron chi connectivity index (χ4n) is 0.112. The molecule has 0 unspecified atom stereocenters. The summed E-state index contributed by atoms with van der Waals surface area (Å²) in [6.07, 6.45) is 0. The largest absolute Gasteiger partial charge is 1.00 e. The van der Waals surface area contributed by atoms with Gasteiger partial charge in [0.1, 0.15) is 0 Å². The third kappa shape index (κ3) is 18.1. The smallest absolute Gasteiger partial charge is 0.365 e. The summed E-state index contributed by atoms with van der Waals surface area (Å²) in [4.78, 5) is 2.03. The summed E-state index contributed by atoms with van der Waals surface area (Å²) in [5, 5.41) is 0. The molecule has 0 amide bonds. The van der Waals surface area contributed by atoms with E-state index < -0.39 is 0 Å². The minimum atomic E-state index is 0. The molecule has 49 valence electrons. The van der Waals surface area contributed by atoms with Gasteiger partial charge in [0.2, 0.25) is 0 Å². The van der Waals surface area contributed by atoms with Crippen molar-refractivity contribution in [1.82, 2.24) is 4.90 Å². The summed E-state index contributed by atoms with van der Waals surface area (Å²) in [7, 11) is 1.99. The van der Waals surface area contributed by atoms with E-state index in [9.17, 15) is 0 Å². The Kier molecular flexibility index (Phi) is 43.0. The van der Waals surface area contributed by atoms with E-state index in [1.807, 2.05) is 11.9 Å². The molecule has 3 heteroatoms. The molecule has 0 atom stereocenters. The molecule has 0 bridgehead atoms. The van der Waals surface area contributed by atoms with Crippen LogP contribution in [-0.4, -0.2) is 25.0 Å². The van der Waals surface area contributed by atoms with E-state index in [2.05, 4.69) is 13.8 Å². The first kappa shape index (κ1) is 22.6. The Hall–Kier alpha value is 2.87. The van der Waals surface area contributed by atoms with E-state index in [1.165, 1.54) is 0 Å². The SMILES string of the molecule is [CH2-]CN(C)C[CH2-].[CH3-].[Rb+].[Y]. The molecule has 0 aliphatic carbocycles. The minimum absolute atomic E-state index is 0. The number of hydrogen-bond acceptors (Lipinski definition) is 1. The van der Waals surface area contributed by atoms with Crippen LogP contribution in [0.1, 0.15) is 0 Å². The molecule has 0 aliphatic heterocycles. The van der Waals surface area contributed by atoms with Crippen molar-refractivity contribution in [1.29, 1.82) is 0 Å². The predicted molar refractivity (Wildman–Crippen MR) is 34.6 cm³/mol. The van der Waals surface area contributed by atoms with Crippen molar-refractivity contribution in [2.45, 2.75) is 0 Å². The van der Waals surface area contributed by atoms with Gasteiger partial charge in [-0.2, -0.15) is 0 Å². The maximum absolute atomic E-state index is 3.64. The van der Waals surface area contributed by atoms with Crippen LogP contribution in [-0.2, 0) is 32.7 Å². The Labute approximate surface area is 134 Å². The zero-order valence-electron chi connectivity index (χ0n) is 6.85. The quantitative estimate of drug-likeness (QED) is 0.529. The van der Waals surface area contributed by atoms with Crippen LogP contribution in [0.3, 0.4) is 0 Å². The monoisotopic (exact) mass is 274 g/mol. The molecule has 9 heavy (non-hydrogen) atoms. The van der Waals surface area contributed by atoms with Crippen molar-refractivity contribution in [3.63, 3.8) is 0 Å². The van der Waals surface area contributed by atoms with Crippen molar-refractivity contribution >= 4 is 0 Å². The van der Waals surface area contributed by atoms with Crippen LogP contribution in [0, 0.1) is 21.3 Å². The molecule has 0 aromatic carbocycles. The third-order valence-corrected chi connectivity index (χ3v) is 0.763. The molecule has 0 saturated carbocycles. The van der Waals surface area contributed by atoms with Crippen LogP contribution in [0.5, 0.6) is 0 Å². The van der Waals surface area contributed by atoms with E-state index in [0.717, 1.165) is 13.1 Å². The van der Waals surface area contributed by atoms with Crippen LogP contribution in [0.2, 0.25) is 0 Å². The summed E-state index contributed by atoms with van der Waals surface area (Å²) < 4.78 is 0. The van der Waals surface area contributed by atoms with E-state index in [4.69, 9.17) is 0 Å². The molecule has 1 radical (unpaired) electrons. The zero-order chi connectivity index (χ0) is 4.99. The molecule has 0 aliphatic rings. The van der Waals surface area contributed by atoms with Gasteiger partial charge in [-0.3, -0.25) is 0 Å². The molecular weight excluding hydrogens is 260 g/mol. The fraction of sp³-hybridized carbons (Fsp3) is 0.500. The standard InChI is InChI=1S/C5H11N.CH3.Rb.Y/c1-4-6(3)5-2;;;/h1-2,4-5H2,3H3;1H3;;/q-2;-1;+1;. The average Bonchev–Trinajstić information content (AvgIpc) is 1.65. The normalized spacial score (nSPS) is 6.67. The van der Waals surface area contributed by atoms with Crippen molar-refractivity contribution < 1.29 is 90.9 Å². The number of nitrogens with zero attached hydrogens (tertiary/aromatic N) is 1. The maximum Gasteiger partial charge on any atom is 1.00 e. The van der Waals surface area contributed by atoms with Gasteiger partial charge < -0.3 is 26.2 Å². The summed E-state index contributed by atoms with van der Waals surface area (Å²) >= 11 is 0. The van der Waals surface area contributed by atoms with Gasteiger partial charge >= 0.3 is 58.2 Å². The molecule has 0 rings (SSSR count). The first-order chi connectivity index (χ1) is 2.81. The van der Waals surface area contributed by atoms with E-state index in [1.54, 1.807) is 0 Å². The second-order valence-electron chi connectivity index (χ2n) is 1.30. The molecule has 0 N–H and O–H groups in total. The fourth-order valence-corrected chi connectivity index (χ4v) is 0.112. The molecule has 0 heterocycles. The Bertz CT molecular complexity index is 32.2. The Morgan fingerprint density at radius 3 is 1.44 bits per heavy atom. The van der Waals surface area contributed by atoms with Crippen molar-refractivity contribution in [2.24, 2.45) is 0 Å². The molecule has 1 nitrogen and oxygen atoms in total. The predicted octanol–water partition coefficient (Wildman–Crippen LogP) is -1.96. The van der Waals surface area contributed by atoms with Gasteiger partial charge in [-0.1, -0.05) is 0 Å². The molecule has 0 aromatic heterocycles. The summed E-state index contributed by atoms with van der Waals surface area (Å²) in [5.41, 5.74) is 0. The van der Waals surface area contributed by atoms with Crippen LogP contribution >= 0.6 is 0 Å². The Morgan fingerprint density at radius 1 is 1.22 bits per heavy atom. The van der Waals surface area contributed by atoms with Crippen molar-refractivity contribution in [3.8, 4) is 0 Å². The zero-order valence-corrected chi connectivity index (χ0v) is 14.6. The van der Waals surface area contributed by atoms with Crippen LogP contribution in [0.4, 0.5) is 0 Å². The van der Waals surface area contributed by atoms with E-state index in [-0.39, 0.29) is 98.3 Å². The maximum atomic E-state index is 3.64. The van der Waals surface area contributed by atoms with Gasteiger partial charge in [-0.05, 0) is 7.05 Å². The molecule has 0 fully saturated rings. The van der Waals surface area contributed by atoms with Crippen LogP contribution in [0.15, 0.2) is 0 Å². The summed E-state index contributed by atoms with van der Waals surface area (Å²) in [6, 6.07) is 0. The van der Waals surface area contributed by atoms with Gasteiger partial charge in [0.05, 0.1) is 0 Å². The Balaban J connectivity index is -0.0000000417. The second kappa shape index (κ2) is 17.1. The van der Waals surface area contributed by atoms with Gasteiger partial charge in [0, 0.05) is 32.7 Å². The molecule has 0 aromatic rings. The van der Waals surface area contributed by atoms with Gasteiger partial charge in [0.25, 0.3) is 0 Å². The first-order valence-electron chi connectivity index (χ1n) is 2.08. The summed E-state index contributed by atoms with van der Waals surface area (Å²) in [5.74, 6) is 0. The van der Waals surface area contributed by atoms with Crippen molar-refractivity contribution in [3.05, 3.63) is 21.3 Å². The van der Waals surface area contributed by atoms with Gasteiger partial charge in [-0.15, -0.1) is 13.1 Å². The minimum Gasteiger partial charge on any atom is -0.365 e. The molecule has 0 spiro atoms. The topological polar surface area (TPSA) is 3.24 Å². The van der Waals surface area contributed by atoms with E-state index >= 15 is 0 Å². The molecular formula is C6H14NRbY-2. The number of rotatable bonds is 2. The van der Waals surface area contributed by atoms with E-state index in [0.29, 0.717) is 0 Å². The van der Waals surface area contributed by atoms with Crippen LogP contribution in [0.25, 0.3) is 0 Å². The average molecular weight is 275 g/mol. The first-order valence-corrected chi connectivity index (χ1v) is 2.08. The second-order valence-corrected chi connectivity index (χ2v) is 1.30.